The van der Waals surface area contributed by atoms with E-state index in [0.29, 0.717) is 39.0 Å². The summed E-state index contributed by atoms with van der Waals surface area (Å²) in [4.78, 5) is 70.8. The molecule has 13 heteroatoms. The molecule has 1 saturated heterocycles. The number of hydrogen-bond donors (Lipinski definition) is 3. The van der Waals surface area contributed by atoms with Crippen molar-refractivity contribution >= 4 is 30.2 Å². The number of carbonyl (C=O) groups excluding carboxylic acids is 5. The first-order valence-electron chi connectivity index (χ1n) is 17.9. The second-order valence-corrected chi connectivity index (χ2v) is 14.9. The first-order valence-corrected chi connectivity index (χ1v) is 17.9. The fourth-order valence-corrected chi connectivity index (χ4v) is 6.33. The monoisotopic (exact) mass is 681 g/mol. The standard InChI is InChI=1S/C35H63N5O8/c1-9-25(4)31(37-32(44)26(5)36-34(46)48-35(6,7)8)33(45)40(27-13-11-10-12-14-27)28(21-24(2)3)29(42)22-30(43)39(23-41)16-15-38-17-19-47-20-18-38/h23-29,31,42H,9-22H2,1-8H3,(H,36,46)(H,37,44)/t25-,26-,28-,29-,31-/m0/s1. The number of aliphatic hydroxyl groups is 1. The van der Waals surface area contributed by atoms with Crippen LogP contribution in [0.25, 0.3) is 0 Å². The second-order valence-electron chi connectivity index (χ2n) is 14.9. The Bertz CT molecular complexity index is 1040. The number of ether oxygens (including phenoxy) is 2. The van der Waals surface area contributed by atoms with E-state index in [4.69, 9.17) is 9.47 Å². The smallest absolute Gasteiger partial charge is 0.408 e. The lowest BCUT2D eigenvalue weighted by Crippen LogP contribution is -2.62. The van der Waals surface area contributed by atoms with Crippen LogP contribution in [0.4, 0.5) is 4.79 Å². The van der Waals surface area contributed by atoms with Crippen LogP contribution in [-0.4, -0.2) is 125 Å². The lowest BCUT2D eigenvalue weighted by atomic mass is 9.87. The molecule has 0 unspecified atom stereocenters. The number of morpholine rings is 1. The van der Waals surface area contributed by atoms with Crippen LogP contribution in [-0.2, 0) is 28.7 Å². The minimum absolute atomic E-state index is 0.0804. The summed E-state index contributed by atoms with van der Waals surface area (Å²) in [5.41, 5.74) is -0.741. The van der Waals surface area contributed by atoms with Gasteiger partial charge in [0.1, 0.15) is 17.7 Å². The average Bonchev–Trinajstić information content (AvgIpc) is 3.02. The van der Waals surface area contributed by atoms with Crippen molar-refractivity contribution in [3.8, 4) is 0 Å². The quantitative estimate of drug-likeness (QED) is 0.196. The molecule has 13 nitrogen and oxygen atoms in total. The minimum Gasteiger partial charge on any atom is -0.444 e. The molecule has 5 amide bonds. The lowest BCUT2D eigenvalue weighted by molar-refractivity contribution is -0.150. The van der Waals surface area contributed by atoms with E-state index in [9.17, 15) is 29.1 Å². The molecule has 1 heterocycles. The van der Waals surface area contributed by atoms with Crippen molar-refractivity contribution in [3.05, 3.63) is 0 Å². The first kappa shape index (κ1) is 41.4. The molecule has 1 aliphatic carbocycles. The fraction of sp³-hybridized carbons (Fsp3) is 0.857. The highest BCUT2D eigenvalue weighted by Gasteiger charge is 2.41. The van der Waals surface area contributed by atoms with E-state index in [0.717, 1.165) is 50.1 Å². The molecular formula is C35H63N5O8. The minimum atomic E-state index is -1.22. The number of amides is 5. The zero-order valence-corrected chi connectivity index (χ0v) is 30.7. The molecule has 0 aromatic carbocycles. The van der Waals surface area contributed by atoms with Gasteiger partial charge in [-0.1, -0.05) is 53.4 Å². The first-order chi connectivity index (χ1) is 22.6. The van der Waals surface area contributed by atoms with Crippen LogP contribution in [0.2, 0.25) is 0 Å². The van der Waals surface area contributed by atoms with Gasteiger partial charge in [-0.3, -0.25) is 29.0 Å². The number of carbonyl (C=O) groups is 5. The molecule has 5 atom stereocenters. The Hall–Kier alpha value is -2.77. The molecule has 1 saturated carbocycles. The molecule has 3 N–H and O–H groups in total. The molecule has 48 heavy (non-hydrogen) atoms. The van der Waals surface area contributed by atoms with E-state index in [1.807, 2.05) is 27.7 Å². The van der Waals surface area contributed by atoms with Crippen molar-refractivity contribution in [3.63, 3.8) is 0 Å². The lowest BCUT2D eigenvalue weighted by Gasteiger charge is -2.45. The third kappa shape index (κ3) is 13.6. The van der Waals surface area contributed by atoms with Crippen molar-refractivity contribution in [2.24, 2.45) is 11.8 Å². The summed E-state index contributed by atoms with van der Waals surface area (Å²) < 4.78 is 10.7. The van der Waals surface area contributed by atoms with Gasteiger partial charge in [0.15, 0.2) is 0 Å². The van der Waals surface area contributed by atoms with Gasteiger partial charge in [-0.15, -0.1) is 0 Å². The molecule has 0 radical (unpaired) electrons. The molecule has 2 fully saturated rings. The maximum Gasteiger partial charge on any atom is 0.408 e. The van der Waals surface area contributed by atoms with E-state index in [2.05, 4.69) is 15.5 Å². The summed E-state index contributed by atoms with van der Waals surface area (Å²) in [5, 5.41) is 17.2. The Kier molecular flexibility index (Phi) is 17.3. The van der Waals surface area contributed by atoms with Crippen molar-refractivity contribution in [1.29, 1.82) is 0 Å². The van der Waals surface area contributed by atoms with Crippen LogP contribution in [0.15, 0.2) is 0 Å². The van der Waals surface area contributed by atoms with E-state index < -0.39 is 47.7 Å². The highest BCUT2D eigenvalue weighted by molar-refractivity contribution is 5.92. The van der Waals surface area contributed by atoms with Crippen LogP contribution in [0.5, 0.6) is 0 Å². The van der Waals surface area contributed by atoms with Gasteiger partial charge in [-0.2, -0.15) is 0 Å². The molecule has 0 spiro atoms. The summed E-state index contributed by atoms with van der Waals surface area (Å²) in [6, 6.07) is -2.78. The van der Waals surface area contributed by atoms with Crippen LogP contribution < -0.4 is 10.6 Å². The Labute approximate surface area is 287 Å². The van der Waals surface area contributed by atoms with E-state index >= 15 is 0 Å². The van der Waals surface area contributed by atoms with Gasteiger partial charge in [0.05, 0.1) is 31.8 Å². The van der Waals surface area contributed by atoms with Crippen molar-refractivity contribution in [1.82, 2.24) is 25.3 Å². The summed E-state index contributed by atoms with van der Waals surface area (Å²) in [5.74, 6) is -1.52. The number of nitrogens with zero attached hydrogens (tertiary/aromatic N) is 3. The Balaban J connectivity index is 2.33. The third-order valence-corrected chi connectivity index (χ3v) is 9.23. The molecule has 0 aromatic rings. The summed E-state index contributed by atoms with van der Waals surface area (Å²) in [6.45, 7) is 17.9. The van der Waals surface area contributed by atoms with Gasteiger partial charge in [0.25, 0.3) is 0 Å². The molecule has 0 aromatic heterocycles. The molecule has 2 aliphatic rings. The predicted molar refractivity (Wildman–Crippen MR) is 183 cm³/mol. The summed E-state index contributed by atoms with van der Waals surface area (Å²) in [6.07, 6.45) is 3.66. The second kappa shape index (κ2) is 20.0. The molecule has 0 bridgehead atoms. The van der Waals surface area contributed by atoms with Crippen LogP contribution >= 0.6 is 0 Å². The van der Waals surface area contributed by atoms with Crippen LogP contribution in [0.3, 0.4) is 0 Å². The van der Waals surface area contributed by atoms with E-state index in [1.54, 1.807) is 25.7 Å². The third-order valence-electron chi connectivity index (χ3n) is 9.23. The number of imide groups is 1. The van der Waals surface area contributed by atoms with Crippen LogP contribution in [0.1, 0.15) is 107 Å². The molecule has 1 aliphatic heterocycles. The normalized spacial score (nSPS) is 19.4. The molecule has 2 rings (SSSR count). The number of hydrogen-bond acceptors (Lipinski definition) is 9. The highest BCUT2D eigenvalue weighted by atomic mass is 16.6. The van der Waals surface area contributed by atoms with Gasteiger partial charge in [-0.25, -0.2) is 4.79 Å². The zero-order chi connectivity index (χ0) is 36.0. The Morgan fingerprint density at radius 3 is 2.19 bits per heavy atom. The summed E-state index contributed by atoms with van der Waals surface area (Å²) in [7, 11) is 0. The number of aliphatic hydroxyl groups excluding tert-OH is 1. The van der Waals surface area contributed by atoms with Gasteiger partial charge in [-0.05, 0) is 58.8 Å². The maximum absolute atomic E-state index is 14.7. The van der Waals surface area contributed by atoms with Crippen molar-refractivity contribution < 1.29 is 38.6 Å². The van der Waals surface area contributed by atoms with Gasteiger partial charge in [0, 0.05) is 32.2 Å². The summed E-state index contributed by atoms with van der Waals surface area (Å²) >= 11 is 0. The van der Waals surface area contributed by atoms with E-state index in [1.165, 1.54) is 6.92 Å². The average molecular weight is 682 g/mol. The highest BCUT2D eigenvalue weighted by Crippen LogP contribution is 2.30. The number of alkyl carbamates (subject to hydrolysis) is 1. The maximum atomic E-state index is 14.7. The van der Waals surface area contributed by atoms with Gasteiger partial charge < -0.3 is 30.1 Å². The Morgan fingerprint density at radius 1 is 1.02 bits per heavy atom. The zero-order valence-electron chi connectivity index (χ0n) is 30.7. The Morgan fingerprint density at radius 2 is 1.65 bits per heavy atom. The largest absolute Gasteiger partial charge is 0.444 e. The SMILES string of the molecule is CC[C@H](C)[C@H](NC(=O)[C@H](C)NC(=O)OC(C)(C)C)C(=O)N(C1CCCCC1)[C@@H](CC(C)C)[C@@H](O)CC(=O)N(C=O)CCN1CCOCC1. The molecule has 276 valence electrons. The van der Waals surface area contributed by atoms with Gasteiger partial charge in [0.2, 0.25) is 24.1 Å². The number of rotatable bonds is 17. The van der Waals surface area contributed by atoms with Crippen LogP contribution in [0, 0.1) is 11.8 Å². The number of nitrogens with one attached hydrogen (secondary N) is 2. The van der Waals surface area contributed by atoms with E-state index in [-0.39, 0.29) is 36.8 Å². The van der Waals surface area contributed by atoms with Crippen molar-refractivity contribution in [2.75, 3.05) is 39.4 Å². The predicted octanol–water partition coefficient (Wildman–Crippen LogP) is 3.07. The van der Waals surface area contributed by atoms with Crippen molar-refractivity contribution in [2.45, 2.75) is 143 Å². The molecular weight excluding hydrogens is 618 g/mol. The topological polar surface area (TPSA) is 158 Å². The van der Waals surface area contributed by atoms with Gasteiger partial charge >= 0.3 is 6.09 Å². The fourth-order valence-electron chi connectivity index (χ4n) is 6.33.